The second-order valence-electron chi connectivity index (χ2n) is 8.13. The van der Waals surface area contributed by atoms with Crippen LogP contribution in [0.4, 0.5) is 19.0 Å². The molecule has 2 fully saturated rings. The zero-order chi connectivity index (χ0) is 21.6. The maximum Gasteiger partial charge on any atom is 0.419 e. The van der Waals surface area contributed by atoms with Gasteiger partial charge in [-0.15, -0.1) is 0 Å². The maximum atomic E-state index is 13.2. The monoisotopic (exact) mass is 424 g/mol. The Kier molecular flexibility index (Phi) is 7.98. The molecule has 0 radical (unpaired) electrons. The smallest absolute Gasteiger partial charge is 0.365 e. The Labute approximate surface area is 177 Å². The Balaban J connectivity index is 1.37. The lowest BCUT2D eigenvalue weighted by atomic mass is 10.1. The molecule has 2 aliphatic rings. The third kappa shape index (κ3) is 6.34. The fourth-order valence-electron chi connectivity index (χ4n) is 3.92. The molecule has 0 atom stereocenters. The van der Waals surface area contributed by atoms with Crippen LogP contribution in [0.3, 0.4) is 0 Å². The van der Waals surface area contributed by atoms with Crippen LogP contribution < -0.4 is 4.90 Å². The highest BCUT2D eigenvalue weighted by Gasteiger charge is 2.36. The van der Waals surface area contributed by atoms with E-state index in [1.165, 1.54) is 12.3 Å². The van der Waals surface area contributed by atoms with Gasteiger partial charge >= 0.3 is 6.18 Å². The van der Waals surface area contributed by atoms with Crippen LogP contribution in [0.25, 0.3) is 0 Å². The number of hydrogen-bond acceptors (Lipinski definition) is 5. The summed E-state index contributed by atoms with van der Waals surface area (Å²) >= 11 is 0. The first kappa shape index (κ1) is 22.9. The topological polar surface area (TPSA) is 31.8 Å². The number of piperazine rings is 1. The Morgan fingerprint density at radius 1 is 1.10 bits per heavy atom. The predicted molar refractivity (Wildman–Crippen MR) is 111 cm³/mol. The summed E-state index contributed by atoms with van der Waals surface area (Å²) < 4.78 is 45.4. The summed E-state index contributed by atoms with van der Waals surface area (Å²) in [5.74, 6) is 6.28. The minimum atomic E-state index is -4.39. The maximum absolute atomic E-state index is 13.2. The minimum Gasteiger partial charge on any atom is -0.365 e. The molecule has 3 rings (SSSR count). The normalized spacial score (nSPS) is 19.7. The number of piperidine rings is 1. The first-order valence-electron chi connectivity index (χ1n) is 10.7. The lowest BCUT2D eigenvalue weighted by Gasteiger charge is -2.36. The van der Waals surface area contributed by atoms with Crippen molar-refractivity contribution < 1.29 is 17.9 Å². The molecular weight excluding hydrogens is 393 g/mol. The molecule has 0 spiro atoms. The van der Waals surface area contributed by atoms with Crippen LogP contribution in [-0.2, 0) is 10.9 Å². The third-order valence-electron chi connectivity index (χ3n) is 5.79. The van der Waals surface area contributed by atoms with E-state index in [9.17, 15) is 13.2 Å². The zero-order valence-corrected chi connectivity index (χ0v) is 17.8. The molecular formula is C22H31F3N4O. The summed E-state index contributed by atoms with van der Waals surface area (Å²) in [6.07, 6.45) is -1.61. The lowest BCUT2D eigenvalue weighted by Crippen LogP contribution is -2.48. The van der Waals surface area contributed by atoms with Crippen molar-refractivity contribution in [2.75, 3.05) is 57.3 Å². The van der Waals surface area contributed by atoms with E-state index >= 15 is 0 Å². The van der Waals surface area contributed by atoms with Gasteiger partial charge in [0.25, 0.3) is 0 Å². The van der Waals surface area contributed by atoms with Gasteiger partial charge in [-0.2, -0.15) is 13.2 Å². The van der Waals surface area contributed by atoms with Gasteiger partial charge < -0.3 is 9.64 Å². The van der Waals surface area contributed by atoms with E-state index in [4.69, 9.17) is 4.74 Å². The fourth-order valence-corrected chi connectivity index (χ4v) is 3.92. The van der Waals surface area contributed by atoms with Crippen LogP contribution >= 0.6 is 0 Å². The number of rotatable bonds is 5. The van der Waals surface area contributed by atoms with Gasteiger partial charge in [-0.3, -0.25) is 9.80 Å². The lowest BCUT2D eigenvalue weighted by molar-refractivity contribution is -0.137. The largest absolute Gasteiger partial charge is 0.419 e. The Morgan fingerprint density at radius 2 is 1.80 bits per heavy atom. The summed E-state index contributed by atoms with van der Waals surface area (Å²) in [5, 5.41) is 0. The molecule has 0 aliphatic carbocycles. The molecule has 0 aromatic carbocycles. The molecule has 2 aliphatic heterocycles. The Morgan fingerprint density at radius 3 is 2.43 bits per heavy atom. The number of pyridine rings is 1. The molecule has 1 aromatic heterocycles. The van der Waals surface area contributed by atoms with Gasteiger partial charge in [-0.05, 0) is 38.8 Å². The Hall–Kier alpha value is -1.82. The Bertz CT molecular complexity index is 728. The van der Waals surface area contributed by atoms with Crippen molar-refractivity contribution in [1.82, 2.24) is 14.8 Å². The molecule has 0 saturated carbocycles. The van der Waals surface area contributed by atoms with Gasteiger partial charge in [-0.25, -0.2) is 4.98 Å². The van der Waals surface area contributed by atoms with Gasteiger partial charge in [0.05, 0.1) is 18.2 Å². The second-order valence-corrected chi connectivity index (χ2v) is 8.13. The quantitative estimate of drug-likeness (QED) is 0.678. The first-order chi connectivity index (χ1) is 14.3. The van der Waals surface area contributed by atoms with Gasteiger partial charge in [0.1, 0.15) is 12.4 Å². The summed E-state index contributed by atoms with van der Waals surface area (Å²) in [6.45, 7) is 10.8. The van der Waals surface area contributed by atoms with Crippen molar-refractivity contribution in [3.05, 3.63) is 23.9 Å². The number of nitrogens with zero attached hydrogens (tertiary/aromatic N) is 4. The van der Waals surface area contributed by atoms with Crippen LogP contribution in [0.2, 0.25) is 0 Å². The average molecular weight is 425 g/mol. The molecule has 1 aromatic rings. The van der Waals surface area contributed by atoms with E-state index in [1.807, 2.05) is 0 Å². The van der Waals surface area contributed by atoms with Crippen molar-refractivity contribution in [1.29, 1.82) is 0 Å². The highest BCUT2D eigenvalue weighted by molar-refractivity contribution is 5.48. The molecule has 0 unspecified atom stereocenters. The van der Waals surface area contributed by atoms with Crippen LogP contribution in [-0.4, -0.2) is 79.3 Å². The molecule has 166 valence electrons. The van der Waals surface area contributed by atoms with Crippen LogP contribution in [0.15, 0.2) is 18.3 Å². The molecule has 30 heavy (non-hydrogen) atoms. The van der Waals surface area contributed by atoms with E-state index in [0.717, 1.165) is 38.8 Å². The van der Waals surface area contributed by atoms with Crippen molar-refractivity contribution >= 4 is 5.82 Å². The molecule has 5 nitrogen and oxygen atoms in total. The van der Waals surface area contributed by atoms with Crippen LogP contribution in [0, 0.1) is 11.8 Å². The number of alkyl halides is 3. The summed E-state index contributed by atoms with van der Waals surface area (Å²) in [6, 6.07) is 3.00. The SMILES string of the molecule is CC(C)N1CCN(CC#CCOC2CCN(c3ncccc3C(F)(F)F)CC2)CC1. The van der Waals surface area contributed by atoms with Crippen LogP contribution in [0.5, 0.6) is 0 Å². The summed E-state index contributed by atoms with van der Waals surface area (Å²) in [5.41, 5.74) is -0.676. The van der Waals surface area contributed by atoms with E-state index in [2.05, 4.69) is 40.5 Å². The second kappa shape index (κ2) is 10.5. The molecule has 0 bridgehead atoms. The number of anilines is 1. The van der Waals surface area contributed by atoms with E-state index in [1.54, 1.807) is 4.90 Å². The van der Waals surface area contributed by atoms with Crippen molar-refractivity contribution in [2.24, 2.45) is 0 Å². The number of ether oxygens (including phenoxy) is 1. The summed E-state index contributed by atoms with van der Waals surface area (Å²) in [7, 11) is 0. The fraction of sp³-hybridized carbons (Fsp3) is 0.682. The molecule has 3 heterocycles. The standard InChI is InChI=1S/C22H31F3N4O/c1-18(2)28-15-13-27(14-16-28)10-3-4-17-30-19-7-11-29(12-8-19)21-20(22(23,24)25)6-5-9-26-21/h5-6,9,18-19H,7-8,10-17H2,1-2H3. The van der Waals surface area contributed by atoms with Crippen molar-refractivity contribution in [2.45, 2.75) is 45.0 Å². The highest BCUT2D eigenvalue weighted by Crippen LogP contribution is 2.36. The van der Waals surface area contributed by atoms with E-state index < -0.39 is 11.7 Å². The van der Waals surface area contributed by atoms with Gasteiger partial charge in [0, 0.05) is 51.5 Å². The molecule has 0 N–H and O–H groups in total. The predicted octanol–water partition coefficient (Wildman–Crippen LogP) is 3.12. The van der Waals surface area contributed by atoms with E-state index in [-0.39, 0.29) is 11.9 Å². The molecule has 8 heteroatoms. The van der Waals surface area contributed by atoms with Gasteiger partial charge in [0.15, 0.2) is 0 Å². The van der Waals surface area contributed by atoms with Gasteiger partial charge in [-0.1, -0.05) is 11.8 Å². The summed E-state index contributed by atoms with van der Waals surface area (Å²) in [4.78, 5) is 10.5. The third-order valence-corrected chi connectivity index (χ3v) is 5.79. The van der Waals surface area contributed by atoms with Crippen LogP contribution in [0.1, 0.15) is 32.3 Å². The number of aromatic nitrogens is 1. The minimum absolute atomic E-state index is 0.0146. The zero-order valence-electron chi connectivity index (χ0n) is 17.8. The highest BCUT2D eigenvalue weighted by atomic mass is 19.4. The number of halogens is 3. The average Bonchev–Trinajstić information content (AvgIpc) is 2.74. The van der Waals surface area contributed by atoms with Crippen molar-refractivity contribution in [3.8, 4) is 11.8 Å². The van der Waals surface area contributed by atoms with E-state index in [0.29, 0.717) is 38.6 Å². The molecule has 2 saturated heterocycles. The molecule has 0 amide bonds. The van der Waals surface area contributed by atoms with Gasteiger partial charge in [0.2, 0.25) is 0 Å². The number of hydrogen-bond donors (Lipinski definition) is 0. The van der Waals surface area contributed by atoms with Crippen molar-refractivity contribution in [3.63, 3.8) is 0 Å². The first-order valence-corrected chi connectivity index (χ1v) is 10.7.